The first-order valence-corrected chi connectivity index (χ1v) is 8.49. The van der Waals surface area contributed by atoms with Crippen molar-refractivity contribution in [2.24, 2.45) is 0 Å². The van der Waals surface area contributed by atoms with E-state index in [4.69, 9.17) is 10.5 Å². The first-order chi connectivity index (χ1) is 11.4. The van der Waals surface area contributed by atoms with Gasteiger partial charge in [-0.1, -0.05) is 0 Å². The van der Waals surface area contributed by atoms with Gasteiger partial charge in [0, 0.05) is 7.11 Å². The Bertz CT molecular complexity index is 785. The number of rotatable bonds is 5. The molecular weight excluding hydrogens is 343 g/mol. The van der Waals surface area contributed by atoms with E-state index in [1.165, 1.54) is 17.2 Å². The monoisotopic (exact) mass is 360 g/mol. The van der Waals surface area contributed by atoms with Crippen LogP contribution in [0.25, 0.3) is 11.2 Å². The summed E-state index contributed by atoms with van der Waals surface area (Å²) in [6, 6.07) is -1.05. The Hall–Kier alpha value is -1.66. The topological polar surface area (TPSA) is 178 Å². The number of nitrogen functional groups attached to an aromatic ring is 1. The molecule has 0 aliphatic carbocycles. The molecule has 3 rings (SSSR count). The van der Waals surface area contributed by atoms with Crippen molar-refractivity contribution in [2.45, 2.75) is 24.5 Å². The highest BCUT2D eigenvalue weighted by Crippen LogP contribution is 2.41. The van der Waals surface area contributed by atoms with Crippen LogP contribution in [-0.4, -0.2) is 66.6 Å². The Kier molecular flexibility index (Phi) is 4.53. The summed E-state index contributed by atoms with van der Waals surface area (Å²) in [5, 5.41) is 22.2. The third-order valence-corrected chi connectivity index (χ3v) is 4.90. The van der Waals surface area contributed by atoms with Crippen LogP contribution >= 0.6 is 7.75 Å². The first-order valence-electron chi connectivity index (χ1n) is 6.91. The number of nitrogens with one attached hydrogen (secondary N) is 1. The van der Waals surface area contributed by atoms with Gasteiger partial charge < -0.3 is 30.1 Å². The quantitative estimate of drug-likeness (QED) is 0.386. The number of hydrogen-bond acceptors (Lipinski definition) is 9. The second-order valence-electron chi connectivity index (χ2n) is 5.18. The third kappa shape index (κ3) is 2.89. The van der Waals surface area contributed by atoms with Crippen LogP contribution in [0.3, 0.4) is 0 Å². The van der Waals surface area contributed by atoms with Gasteiger partial charge in [-0.3, -0.25) is 4.57 Å². The van der Waals surface area contributed by atoms with Gasteiger partial charge in [0.2, 0.25) is 0 Å². The number of hydrogen-bond donors (Lipinski definition) is 5. The van der Waals surface area contributed by atoms with Crippen LogP contribution in [0.1, 0.15) is 6.23 Å². The van der Waals surface area contributed by atoms with Crippen molar-refractivity contribution in [2.75, 3.05) is 19.5 Å². The van der Waals surface area contributed by atoms with Crippen LogP contribution in [0.15, 0.2) is 12.7 Å². The van der Waals surface area contributed by atoms with E-state index < -0.39 is 38.8 Å². The van der Waals surface area contributed by atoms with Gasteiger partial charge in [-0.15, -0.1) is 0 Å². The molecule has 12 nitrogen and oxygen atoms in total. The van der Waals surface area contributed by atoms with Gasteiger partial charge in [0.1, 0.15) is 24.1 Å². The molecule has 0 radical (unpaired) electrons. The molecule has 1 aliphatic heterocycles. The Morgan fingerprint density at radius 3 is 2.92 bits per heavy atom. The largest absolute Gasteiger partial charge is 0.403 e. The standard InChI is InChI=1S/C11H17N6O6P/c1-22-24(20,21)16-6-5(2-18)23-11(8(6)19)17-4-15-7-9(12)13-3-14-10(7)17/h3-6,8,11,18-19H,2H2,1H3,(H2,12,13,14)(H2,16,20,21)/t5-,6-,8-,11-/m1/s1. The zero-order valence-corrected chi connectivity index (χ0v) is 13.4. The molecule has 132 valence electrons. The Labute approximate surface area is 135 Å². The number of anilines is 1. The summed E-state index contributed by atoms with van der Waals surface area (Å²) in [5.41, 5.74) is 6.37. The van der Waals surface area contributed by atoms with Crippen molar-refractivity contribution in [1.29, 1.82) is 0 Å². The SMILES string of the molecule is COP(=O)(O)N[C@H]1[C@@H](O)[C@H](n2cnc3c(N)ncnc32)O[C@@H]1CO. The predicted molar refractivity (Wildman–Crippen MR) is 80.5 cm³/mol. The van der Waals surface area contributed by atoms with Crippen molar-refractivity contribution >= 4 is 24.7 Å². The Balaban J connectivity index is 1.94. The van der Waals surface area contributed by atoms with E-state index in [9.17, 15) is 19.7 Å². The van der Waals surface area contributed by atoms with Crippen LogP contribution in [0.2, 0.25) is 0 Å². The smallest absolute Gasteiger partial charge is 0.394 e. The predicted octanol–water partition coefficient (Wildman–Crippen LogP) is -1.64. The number of ether oxygens (including phenoxy) is 1. The second kappa shape index (κ2) is 6.33. The van der Waals surface area contributed by atoms with Gasteiger partial charge in [0.15, 0.2) is 17.7 Å². The fourth-order valence-electron chi connectivity index (χ4n) is 2.59. The number of nitrogens with zero attached hydrogens (tertiary/aromatic N) is 4. The summed E-state index contributed by atoms with van der Waals surface area (Å²) < 4.78 is 23.2. The van der Waals surface area contributed by atoms with E-state index in [1.54, 1.807) is 0 Å². The van der Waals surface area contributed by atoms with E-state index >= 15 is 0 Å². The van der Waals surface area contributed by atoms with Crippen LogP contribution in [0, 0.1) is 0 Å². The summed E-state index contributed by atoms with van der Waals surface area (Å²) in [7, 11) is -3.10. The van der Waals surface area contributed by atoms with Gasteiger partial charge >= 0.3 is 7.75 Å². The van der Waals surface area contributed by atoms with Crippen LogP contribution in [0.4, 0.5) is 5.82 Å². The van der Waals surface area contributed by atoms with E-state index in [2.05, 4.69) is 24.6 Å². The molecule has 0 bridgehead atoms. The average molecular weight is 360 g/mol. The first kappa shape index (κ1) is 17.2. The maximum absolute atomic E-state index is 11.7. The number of aromatic nitrogens is 4. The maximum atomic E-state index is 11.7. The molecule has 3 heterocycles. The zero-order valence-electron chi connectivity index (χ0n) is 12.6. The molecule has 1 aliphatic rings. The van der Waals surface area contributed by atoms with Crippen molar-refractivity contribution < 1.29 is 28.9 Å². The lowest BCUT2D eigenvalue weighted by Crippen LogP contribution is -2.44. The zero-order chi connectivity index (χ0) is 17.5. The maximum Gasteiger partial charge on any atom is 0.403 e. The highest BCUT2D eigenvalue weighted by atomic mass is 31.2. The number of aliphatic hydroxyl groups is 2. The molecule has 1 unspecified atom stereocenters. The fourth-order valence-corrected chi connectivity index (χ4v) is 3.39. The van der Waals surface area contributed by atoms with Gasteiger partial charge in [-0.05, 0) is 0 Å². The minimum absolute atomic E-state index is 0.166. The van der Waals surface area contributed by atoms with Gasteiger partial charge in [-0.25, -0.2) is 24.6 Å². The molecule has 0 spiro atoms. The highest BCUT2D eigenvalue weighted by molar-refractivity contribution is 7.50. The molecular formula is C11H17N6O6P. The summed E-state index contributed by atoms with van der Waals surface area (Å²) in [4.78, 5) is 21.5. The minimum atomic E-state index is -4.14. The third-order valence-electron chi connectivity index (χ3n) is 3.78. The molecule has 6 N–H and O–H groups in total. The molecule has 24 heavy (non-hydrogen) atoms. The summed E-state index contributed by atoms with van der Waals surface area (Å²) in [5.74, 6) is 0.166. The molecule has 5 atom stereocenters. The van der Waals surface area contributed by atoms with Gasteiger partial charge in [0.05, 0.1) is 19.0 Å². The molecule has 1 fully saturated rings. The summed E-state index contributed by atoms with van der Waals surface area (Å²) in [6.45, 7) is -0.487. The number of aliphatic hydroxyl groups excluding tert-OH is 2. The Morgan fingerprint density at radius 2 is 2.25 bits per heavy atom. The molecule has 0 aromatic carbocycles. The number of fused-ring (bicyclic) bond motifs is 1. The molecule has 0 amide bonds. The van der Waals surface area contributed by atoms with Gasteiger partial charge in [-0.2, -0.15) is 0 Å². The number of imidazole rings is 1. The summed E-state index contributed by atoms with van der Waals surface area (Å²) in [6.07, 6.45) is -0.641. The summed E-state index contributed by atoms with van der Waals surface area (Å²) >= 11 is 0. The van der Waals surface area contributed by atoms with Crippen LogP contribution in [0.5, 0.6) is 0 Å². The molecule has 1 saturated heterocycles. The van der Waals surface area contributed by atoms with E-state index in [1.807, 2.05) is 0 Å². The lowest BCUT2D eigenvalue weighted by molar-refractivity contribution is -0.0489. The van der Waals surface area contributed by atoms with E-state index in [0.717, 1.165) is 7.11 Å². The molecule has 2 aromatic rings. The Morgan fingerprint density at radius 1 is 1.50 bits per heavy atom. The lowest BCUT2D eigenvalue weighted by Gasteiger charge is -2.22. The molecule has 2 aromatic heterocycles. The highest BCUT2D eigenvalue weighted by Gasteiger charge is 2.47. The molecule has 0 saturated carbocycles. The lowest BCUT2D eigenvalue weighted by atomic mass is 10.1. The van der Waals surface area contributed by atoms with Crippen LogP contribution < -0.4 is 10.8 Å². The average Bonchev–Trinajstić information content (AvgIpc) is 3.10. The van der Waals surface area contributed by atoms with Crippen molar-refractivity contribution in [3.8, 4) is 0 Å². The molecule has 13 heteroatoms. The normalized spacial score (nSPS) is 29.8. The van der Waals surface area contributed by atoms with Crippen molar-refractivity contribution in [1.82, 2.24) is 24.6 Å². The van der Waals surface area contributed by atoms with Crippen LogP contribution in [-0.2, 0) is 13.8 Å². The second-order valence-corrected chi connectivity index (χ2v) is 6.84. The minimum Gasteiger partial charge on any atom is -0.394 e. The number of nitrogens with two attached hydrogens (primary N) is 1. The van der Waals surface area contributed by atoms with Crippen molar-refractivity contribution in [3.05, 3.63) is 12.7 Å². The van der Waals surface area contributed by atoms with E-state index in [0.29, 0.717) is 11.2 Å². The fraction of sp³-hybridized carbons (Fsp3) is 0.545. The van der Waals surface area contributed by atoms with E-state index in [-0.39, 0.29) is 5.82 Å². The van der Waals surface area contributed by atoms with Crippen molar-refractivity contribution in [3.63, 3.8) is 0 Å². The van der Waals surface area contributed by atoms with Gasteiger partial charge in [0.25, 0.3) is 0 Å².